The molecular formula is C11H19N3S. The quantitative estimate of drug-likeness (QED) is 0.635. The van der Waals surface area contributed by atoms with Crippen LogP contribution >= 0.6 is 11.3 Å². The van der Waals surface area contributed by atoms with Crippen molar-refractivity contribution < 1.29 is 0 Å². The van der Waals surface area contributed by atoms with E-state index in [0.717, 1.165) is 11.6 Å². The van der Waals surface area contributed by atoms with Gasteiger partial charge in [-0.15, -0.1) is 11.3 Å². The minimum atomic E-state index is -0.0391. The summed E-state index contributed by atoms with van der Waals surface area (Å²) in [5, 5.41) is 3.11. The van der Waals surface area contributed by atoms with E-state index < -0.39 is 0 Å². The smallest absolute Gasteiger partial charge is 0.0991 e. The summed E-state index contributed by atoms with van der Waals surface area (Å²) < 4.78 is 0. The van der Waals surface area contributed by atoms with Gasteiger partial charge in [-0.1, -0.05) is 27.7 Å². The average Bonchev–Trinajstić information content (AvgIpc) is 2.64. The Hall–Kier alpha value is -0.900. The van der Waals surface area contributed by atoms with E-state index in [2.05, 4.69) is 37.7 Å². The Morgan fingerprint density at radius 3 is 2.73 bits per heavy atom. The maximum absolute atomic E-state index is 5.89. The highest BCUT2D eigenvalue weighted by Gasteiger charge is 2.16. The third-order valence-electron chi connectivity index (χ3n) is 2.18. The lowest BCUT2D eigenvalue weighted by molar-refractivity contribution is 0.578. The van der Waals surface area contributed by atoms with Crippen LogP contribution in [0.4, 0.5) is 0 Å². The molecule has 1 aromatic heterocycles. The molecule has 4 heteroatoms. The number of hydrogen-bond acceptors (Lipinski definition) is 3. The van der Waals surface area contributed by atoms with Gasteiger partial charge in [-0.05, 0) is 0 Å². The molecule has 1 rings (SSSR count). The molecule has 0 aliphatic carbocycles. The molecule has 1 atom stereocenters. The van der Waals surface area contributed by atoms with Crippen molar-refractivity contribution in [2.75, 3.05) is 6.54 Å². The largest absolute Gasteiger partial charge is 0.387 e. The maximum Gasteiger partial charge on any atom is 0.0991 e. The lowest BCUT2D eigenvalue weighted by Gasteiger charge is -2.18. The number of aliphatic imine (C=N–C) groups is 1. The summed E-state index contributed by atoms with van der Waals surface area (Å²) in [6.07, 6.45) is 1.83. The molecule has 0 saturated heterocycles. The summed E-state index contributed by atoms with van der Waals surface area (Å²) >= 11 is 1.67. The molecule has 84 valence electrons. The van der Waals surface area contributed by atoms with Crippen LogP contribution < -0.4 is 5.73 Å². The molecule has 0 aliphatic heterocycles. The molecular weight excluding hydrogens is 206 g/mol. The summed E-state index contributed by atoms with van der Waals surface area (Å²) in [7, 11) is 0. The number of amidine groups is 1. The Morgan fingerprint density at radius 2 is 2.27 bits per heavy atom. The first kappa shape index (κ1) is 12.2. The van der Waals surface area contributed by atoms with Crippen molar-refractivity contribution in [3.63, 3.8) is 0 Å². The van der Waals surface area contributed by atoms with E-state index in [9.17, 15) is 0 Å². The van der Waals surface area contributed by atoms with E-state index in [1.165, 1.54) is 0 Å². The molecule has 0 spiro atoms. The highest BCUT2D eigenvalue weighted by Crippen LogP contribution is 2.19. The van der Waals surface area contributed by atoms with Crippen molar-refractivity contribution in [3.8, 4) is 0 Å². The molecule has 0 aromatic carbocycles. The van der Waals surface area contributed by atoms with E-state index in [4.69, 9.17) is 5.73 Å². The third kappa shape index (κ3) is 3.63. The minimum absolute atomic E-state index is 0.0391. The van der Waals surface area contributed by atoms with Gasteiger partial charge in [-0.25, -0.2) is 4.98 Å². The highest BCUT2D eigenvalue weighted by atomic mass is 32.1. The van der Waals surface area contributed by atoms with E-state index >= 15 is 0 Å². The van der Waals surface area contributed by atoms with Gasteiger partial charge in [-0.3, -0.25) is 4.99 Å². The molecule has 0 saturated carbocycles. The molecule has 0 aliphatic rings. The number of nitrogens with two attached hydrogens (primary N) is 1. The van der Waals surface area contributed by atoms with Crippen LogP contribution in [0.1, 0.15) is 38.6 Å². The normalized spacial score (nSPS) is 15.3. The zero-order valence-corrected chi connectivity index (χ0v) is 10.6. The monoisotopic (exact) mass is 225 g/mol. The van der Waals surface area contributed by atoms with Crippen LogP contribution in [-0.4, -0.2) is 17.4 Å². The van der Waals surface area contributed by atoms with Crippen LogP contribution in [0.5, 0.6) is 0 Å². The standard InChI is InChI=1S/C11H19N3S/c1-8(9-13-5-6-15-9)7-14-10(12)11(2,3)4/h5-6,8H,7H2,1-4H3,(H2,12,14). The topological polar surface area (TPSA) is 51.3 Å². The zero-order chi connectivity index (χ0) is 11.5. The highest BCUT2D eigenvalue weighted by molar-refractivity contribution is 7.09. The molecule has 0 amide bonds. The van der Waals surface area contributed by atoms with Gasteiger partial charge in [0, 0.05) is 29.5 Å². The second-order valence-electron chi connectivity index (χ2n) is 4.75. The van der Waals surface area contributed by atoms with E-state index in [1.54, 1.807) is 11.3 Å². The number of nitrogens with zero attached hydrogens (tertiary/aromatic N) is 2. The molecule has 15 heavy (non-hydrogen) atoms. The van der Waals surface area contributed by atoms with Crippen molar-refractivity contribution in [2.24, 2.45) is 16.1 Å². The maximum atomic E-state index is 5.89. The van der Waals surface area contributed by atoms with Crippen molar-refractivity contribution >= 4 is 17.2 Å². The van der Waals surface area contributed by atoms with E-state index in [-0.39, 0.29) is 5.41 Å². The van der Waals surface area contributed by atoms with Gasteiger partial charge in [0.05, 0.1) is 10.8 Å². The lowest BCUT2D eigenvalue weighted by Crippen LogP contribution is -2.29. The fourth-order valence-corrected chi connectivity index (χ4v) is 1.72. The van der Waals surface area contributed by atoms with Gasteiger partial charge in [0.15, 0.2) is 0 Å². The third-order valence-corrected chi connectivity index (χ3v) is 3.18. The Bertz CT molecular complexity index is 322. The molecule has 0 bridgehead atoms. The molecule has 1 unspecified atom stereocenters. The first-order chi connectivity index (χ1) is 6.91. The predicted octanol–water partition coefficient (Wildman–Crippen LogP) is 2.65. The zero-order valence-electron chi connectivity index (χ0n) is 9.82. The van der Waals surface area contributed by atoms with Gasteiger partial charge < -0.3 is 5.73 Å². The first-order valence-corrected chi connectivity index (χ1v) is 5.99. The van der Waals surface area contributed by atoms with Crippen LogP contribution in [0, 0.1) is 5.41 Å². The Kier molecular flexibility index (Phi) is 3.85. The summed E-state index contributed by atoms with van der Waals surface area (Å²) in [4.78, 5) is 8.68. The average molecular weight is 225 g/mol. The Labute approximate surface area is 95.4 Å². The SMILES string of the molecule is CC(CN=C(N)C(C)(C)C)c1nccs1. The van der Waals surface area contributed by atoms with Crippen LogP contribution in [0.15, 0.2) is 16.6 Å². The molecule has 3 nitrogen and oxygen atoms in total. The summed E-state index contributed by atoms with van der Waals surface area (Å²) in [6.45, 7) is 9.05. The van der Waals surface area contributed by atoms with Crippen LogP contribution in [0.3, 0.4) is 0 Å². The number of rotatable bonds is 3. The van der Waals surface area contributed by atoms with Crippen molar-refractivity contribution in [2.45, 2.75) is 33.6 Å². The van der Waals surface area contributed by atoms with Gasteiger partial charge in [0.2, 0.25) is 0 Å². The second-order valence-corrected chi connectivity index (χ2v) is 5.67. The van der Waals surface area contributed by atoms with E-state index in [0.29, 0.717) is 11.8 Å². The Balaban J connectivity index is 2.57. The van der Waals surface area contributed by atoms with Crippen LogP contribution in [-0.2, 0) is 0 Å². The van der Waals surface area contributed by atoms with Gasteiger partial charge in [-0.2, -0.15) is 0 Å². The van der Waals surface area contributed by atoms with Crippen LogP contribution in [0.25, 0.3) is 0 Å². The molecule has 1 heterocycles. The van der Waals surface area contributed by atoms with Gasteiger partial charge >= 0.3 is 0 Å². The van der Waals surface area contributed by atoms with Crippen molar-refractivity contribution in [1.29, 1.82) is 0 Å². The number of aromatic nitrogens is 1. The minimum Gasteiger partial charge on any atom is -0.387 e. The van der Waals surface area contributed by atoms with Crippen LogP contribution in [0.2, 0.25) is 0 Å². The van der Waals surface area contributed by atoms with E-state index in [1.807, 2.05) is 11.6 Å². The molecule has 1 aromatic rings. The molecule has 2 N–H and O–H groups in total. The van der Waals surface area contributed by atoms with Gasteiger partial charge in [0.1, 0.15) is 0 Å². The Morgan fingerprint density at radius 1 is 1.60 bits per heavy atom. The fraction of sp³-hybridized carbons (Fsp3) is 0.636. The predicted molar refractivity (Wildman–Crippen MR) is 66.5 cm³/mol. The first-order valence-electron chi connectivity index (χ1n) is 5.11. The summed E-state index contributed by atoms with van der Waals surface area (Å²) in [5.41, 5.74) is 5.85. The van der Waals surface area contributed by atoms with Gasteiger partial charge in [0.25, 0.3) is 0 Å². The summed E-state index contributed by atoms with van der Waals surface area (Å²) in [6, 6.07) is 0. The molecule has 0 radical (unpaired) electrons. The van der Waals surface area contributed by atoms with Crippen molar-refractivity contribution in [3.05, 3.63) is 16.6 Å². The fourth-order valence-electron chi connectivity index (χ4n) is 1.03. The molecule has 0 fully saturated rings. The second kappa shape index (κ2) is 4.75. The number of thiazole rings is 1. The lowest BCUT2D eigenvalue weighted by atomic mass is 9.95. The number of hydrogen-bond donors (Lipinski definition) is 1. The summed E-state index contributed by atoms with van der Waals surface area (Å²) in [5.74, 6) is 1.07. The van der Waals surface area contributed by atoms with Crippen molar-refractivity contribution in [1.82, 2.24) is 4.98 Å².